The third-order valence-electron chi connectivity index (χ3n) is 3.85. The molecule has 0 N–H and O–H groups in total. The monoisotopic (exact) mass is 407 g/mol. The second kappa shape index (κ2) is 8.84. The second-order valence-electron chi connectivity index (χ2n) is 5.57. The van der Waals surface area contributed by atoms with Crippen LogP contribution in [0, 0.1) is 11.3 Å². The largest absolute Gasteiger partial charge is 0.289 e. The molecule has 0 bridgehead atoms. The number of Topliss-reactive ketones (excluding diaryl/α,β-unsaturated/α-hetero) is 1. The second-order valence-corrected chi connectivity index (χ2v) is 5.57. The normalized spacial score (nSPS) is 9.65. The molecule has 4 nitrogen and oxygen atoms in total. The summed E-state index contributed by atoms with van der Waals surface area (Å²) in [6.07, 6.45) is 3.44. The van der Waals surface area contributed by atoms with Gasteiger partial charge in [-0.05, 0) is 24.3 Å². The molecule has 5 heteroatoms. The molecule has 0 aliphatic heterocycles. The molecule has 0 aliphatic carbocycles. The van der Waals surface area contributed by atoms with Gasteiger partial charge in [0.2, 0.25) is 12.3 Å². The van der Waals surface area contributed by atoms with Crippen LogP contribution in [-0.4, -0.2) is 11.6 Å². The fourth-order valence-corrected chi connectivity index (χ4v) is 2.46. The number of nitriles is 1. The fraction of sp³-hybridized carbons (Fsp3) is 0.0476. The summed E-state index contributed by atoms with van der Waals surface area (Å²) in [5.74, 6) is -0.109. The summed E-state index contributed by atoms with van der Waals surface area (Å²) < 4.78 is 1.72. The van der Waals surface area contributed by atoms with Crippen molar-refractivity contribution in [2.45, 2.75) is 6.54 Å². The highest BCUT2D eigenvalue weighted by Crippen LogP contribution is 2.08. The number of benzene rings is 2. The average Bonchev–Trinajstić information content (AvgIpc) is 2.68. The molecule has 2 aromatic carbocycles. The molecule has 0 radical (unpaired) electrons. The van der Waals surface area contributed by atoms with E-state index in [9.17, 15) is 9.59 Å². The van der Waals surface area contributed by atoms with E-state index >= 15 is 0 Å². The van der Waals surface area contributed by atoms with Gasteiger partial charge in [0.1, 0.15) is 0 Å². The lowest BCUT2D eigenvalue weighted by atomic mass is 10.0. The number of hydrogen-bond donors (Lipinski definition) is 0. The molecule has 0 aliphatic rings. The SMILES string of the molecule is Br.N#Cc1ccc(C(=O)C[n+]2ccc(C(=O)c3ccccc3)cc2)cc1. The van der Waals surface area contributed by atoms with Gasteiger partial charge in [-0.15, -0.1) is 17.0 Å². The summed E-state index contributed by atoms with van der Waals surface area (Å²) in [5, 5.41) is 8.79. The highest BCUT2D eigenvalue weighted by molar-refractivity contribution is 8.93. The Morgan fingerprint density at radius 1 is 0.808 bits per heavy atom. The number of halogens is 1. The lowest BCUT2D eigenvalue weighted by Crippen LogP contribution is -2.37. The van der Waals surface area contributed by atoms with Crippen molar-refractivity contribution in [3.05, 3.63) is 101 Å². The van der Waals surface area contributed by atoms with Crippen LogP contribution in [0.2, 0.25) is 0 Å². The number of hydrogen-bond acceptors (Lipinski definition) is 3. The summed E-state index contributed by atoms with van der Waals surface area (Å²) in [6, 6.07) is 21.1. The van der Waals surface area contributed by atoms with E-state index in [0.29, 0.717) is 22.3 Å². The molecule has 128 valence electrons. The first kappa shape index (κ1) is 19.2. The molecule has 0 atom stereocenters. The zero-order valence-electron chi connectivity index (χ0n) is 13.8. The molecule has 0 saturated carbocycles. The Morgan fingerprint density at radius 3 is 1.96 bits per heavy atom. The summed E-state index contributed by atoms with van der Waals surface area (Å²) >= 11 is 0. The van der Waals surface area contributed by atoms with Crippen LogP contribution in [0.25, 0.3) is 0 Å². The number of rotatable bonds is 5. The van der Waals surface area contributed by atoms with Crippen LogP contribution in [0.15, 0.2) is 79.1 Å². The topological polar surface area (TPSA) is 61.8 Å². The Hall–Kier alpha value is -3.10. The molecule has 1 aromatic heterocycles. The van der Waals surface area contributed by atoms with Crippen LogP contribution in [-0.2, 0) is 6.54 Å². The zero-order chi connectivity index (χ0) is 17.6. The molecule has 1 heterocycles. The van der Waals surface area contributed by atoms with Crippen molar-refractivity contribution in [2.24, 2.45) is 0 Å². The summed E-state index contributed by atoms with van der Waals surface area (Å²) in [7, 11) is 0. The standard InChI is InChI=1S/C21H15N2O2.BrH/c22-14-16-6-8-17(9-7-16)20(24)15-23-12-10-19(11-13-23)21(25)18-4-2-1-3-5-18;/h1-13H,15H2;1H/q+1;. The highest BCUT2D eigenvalue weighted by atomic mass is 79.9. The van der Waals surface area contributed by atoms with E-state index in [1.54, 1.807) is 65.5 Å². The van der Waals surface area contributed by atoms with E-state index < -0.39 is 0 Å². The quantitative estimate of drug-likeness (QED) is 0.479. The summed E-state index contributed by atoms with van der Waals surface area (Å²) in [6.45, 7) is 0.172. The lowest BCUT2D eigenvalue weighted by Gasteiger charge is -2.01. The first-order valence-electron chi connectivity index (χ1n) is 7.79. The molecule has 0 fully saturated rings. The number of pyridine rings is 1. The Bertz CT molecular complexity index is 944. The summed E-state index contributed by atoms with van der Waals surface area (Å²) in [4.78, 5) is 24.6. The van der Waals surface area contributed by atoms with Crippen LogP contribution in [0.1, 0.15) is 31.8 Å². The average molecular weight is 408 g/mol. The number of carbonyl (C=O) groups is 2. The molecule has 26 heavy (non-hydrogen) atoms. The minimum absolute atomic E-state index is 0. The van der Waals surface area contributed by atoms with Crippen LogP contribution in [0.4, 0.5) is 0 Å². The van der Waals surface area contributed by atoms with E-state index in [-0.39, 0.29) is 35.1 Å². The molecule has 0 amide bonds. The zero-order valence-corrected chi connectivity index (χ0v) is 15.5. The van der Waals surface area contributed by atoms with E-state index in [2.05, 4.69) is 0 Å². The van der Waals surface area contributed by atoms with Gasteiger partial charge in [0.25, 0.3) is 0 Å². The van der Waals surface area contributed by atoms with Crippen LogP contribution in [0.5, 0.6) is 0 Å². The maximum Gasteiger partial charge on any atom is 0.227 e. The van der Waals surface area contributed by atoms with Gasteiger partial charge in [-0.3, -0.25) is 9.59 Å². The van der Waals surface area contributed by atoms with Crippen molar-refractivity contribution in [3.8, 4) is 6.07 Å². The number of ketones is 2. The Morgan fingerprint density at radius 2 is 1.38 bits per heavy atom. The smallest absolute Gasteiger partial charge is 0.227 e. The third kappa shape index (κ3) is 4.50. The number of nitrogens with zero attached hydrogens (tertiary/aromatic N) is 2. The molecule has 3 rings (SSSR count). The van der Waals surface area contributed by atoms with Gasteiger partial charge in [-0.25, -0.2) is 0 Å². The van der Waals surface area contributed by atoms with Gasteiger partial charge in [0, 0.05) is 28.8 Å². The highest BCUT2D eigenvalue weighted by Gasteiger charge is 2.14. The number of carbonyl (C=O) groups excluding carboxylic acids is 2. The lowest BCUT2D eigenvalue weighted by molar-refractivity contribution is -0.683. The Kier molecular flexibility index (Phi) is 6.54. The molecule has 0 spiro atoms. The van der Waals surface area contributed by atoms with E-state index in [4.69, 9.17) is 5.26 Å². The molecular weight excluding hydrogens is 392 g/mol. The maximum atomic E-state index is 12.4. The van der Waals surface area contributed by atoms with E-state index in [1.807, 2.05) is 24.3 Å². The van der Waals surface area contributed by atoms with Gasteiger partial charge in [0.15, 0.2) is 18.2 Å². The van der Waals surface area contributed by atoms with Gasteiger partial charge in [-0.1, -0.05) is 30.3 Å². The molecule has 0 saturated heterocycles. The summed E-state index contributed by atoms with van der Waals surface area (Å²) in [5.41, 5.74) is 2.28. The minimum atomic E-state index is -0.0587. The van der Waals surface area contributed by atoms with Crippen LogP contribution in [0.3, 0.4) is 0 Å². The van der Waals surface area contributed by atoms with Crippen molar-refractivity contribution < 1.29 is 14.2 Å². The van der Waals surface area contributed by atoms with Gasteiger partial charge in [0.05, 0.1) is 11.6 Å². The fourth-order valence-electron chi connectivity index (χ4n) is 2.46. The van der Waals surface area contributed by atoms with E-state index in [1.165, 1.54) is 0 Å². The molecule has 3 aromatic rings. The maximum absolute atomic E-state index is 12.4. The van der Waals surface area contributed by atoms with Crippen molar-refractivity contribution in [3.63, 3.8) is 0 Å². The van der Waals surface area contributed by atoms with Gasteiger partial charge >= 0.3 is 0 Å². The Labute approximate surface area is 162 Å². The number of aromatic nitrogens is 1. The van der Waals surface area contributed by atoms with Crippen LogP contribution < -0.4 is 4.57 Å². The molecule has 0 unspecified atom stereocenters. The molecular formula is C21H16BrN2O2+. The van der Waals surface area contributed by atoms with E-state index in [0.717, 1.165) is 0 Å². The minimum Gasteiger partial charge on any atom is -0.289 e. The third-order valence-corrected chi connectivity index (χ3v) is 3.85. The first-order chi connectivity index (χ1) is 12.2. The first-order valence-corrected chi connectivity index (χ1v) is 7.79. The van der Waals surface area contributed by atoms with Crippen molar-refractivity contribution in [2.75, 3.05) is 0 Å². The predicted molar refractivity (Wildman–Crippen MR) is 102 cm³/mol. The Balaban J connectivity index is 0.00000243. The van der Waals surface area contributed by atoms with Crippen LogP contribution >= 0.6 is 17.0 Å². The van der Waals surface area contributed by atoms with Gasteiger partial charge in [-0.2, -0.15) is 9.83 Å². The predicted octanol–water partition coefficient (Wildman–Crippen LogP) is 3.54. The van der Waals surface area contributed by atoms with Crippen molar-refractivity contribution in [1.29, 1.82) is 5.26 Å². The van der Waals surface area contributed by atoms with Crippen molar-refractivity contribution in [1.82, 2.24) is 0 Å². The van der Waals surface area contributed by atoms with Gasteiger partial charge < -0.3 is 0 Å². The van der Waals surface area contributed by atoms with Crippen molar-refractivity contribution >= 4 is 28.5 Å².